The Hall–Kier alpha value is -3.42. The van der Waals surface area contributed by atoms with Crippen molar-refractivity contribution in [3.05, 3.63) is 76.2 Å². The predicted octanol–water partition coefficient (Wildman–Crippen LogP) is 5.06. The fourth-order valence-electron chi connectivity index (χ4n) is 4.17. The molecule has 2 heterocycles. The fraction of sp³-hybridized carbons (Fsp3) is 0.333. The lowest BCUT2D eigenvalue weighted by atomic mass is 9.94. The van der Waals surface area contributed by atoms with Gasteiger partial charge in [0.2, 0.25) is 12.2 Å². The van der Waals surface area contributed by atoms with Crippen molar-refractivity contribution in [1.29, 1.82) is 0 Å². The summed E-state index contributed by atoms with van der Waals surface area (Å²) in [5.41, 5.74) is 0.946. The van der Waals surface area contributed by atoms with Crippen LogP contribution in [0.3, 0.4) is 0 Å². The van der Waals surface area contributed by atoms with E-state index in [1.807, 2.05) is 57.2 Å². The maximum atomic E-state index is 12.6. The van der Waals surface area contributed by atoms with Crippen LogP contribution in [0.2, 0.25) is 0 Å². The largest absolute Gasteiger partial charge is 0.465 e. The lowest BCUT2D eigenvalue weighted by Crippen LogP contribution is -2.49. The van der Waals surface area contributed by atoms with Gasteiger partial charge in [-0.15, -0.1) is 0 Å². The molecule has 7 nitrogen and oxygen atoms in total. The number of methoxy groups -OCH3 is 1. The van der Waals surface area contributed by atoms with Gasteiger partial charge in [-0.25, -0.2) is 4.79 Å². The summed E-state index contributed by atoms with van der Waals surface area (Å²) in [6, 6.07) is 14.6. The Morgan fingerprint density at radius 1 is 1.15 bits per heavy atom. The summed E-state index contributed by atoms with van der Waals surface area (Å²) in [7, 11) is 1.68. The van der Waals surface area contributed by atoms with Crippen molar-refractivity contribution in [2.75, 3.05) is 12.4 Å². The molecule has 2 unspecified atom stereocenters. The molecule has 7 heteroatoms. The van der Waals surface area contributed by atoms with Crippen LogP contribution >= 0.6 is 0 Å². The molecular formula is C27H29NO6. The molecule has 178 valence electrons. The first-order valence-corrected chi connectivity index (χ1v) is 11.3. The van der Waals surface area contributed by atoms with Crippen molar-refractivity contribution < 1.29 is 23.4 Å². The van der Waals surface area contributed by atoms with Gasteiger partial charge in [0.1, 0.15) is 17.0 Å². The van der Waals surface area contributed by atoms with Gasteiger partial charge in [0.05, 0.1) is 11.7 Å². The van der Waals surface area contributed by atoms with E-state index in [1.165, 1.54) is 6.08 Å². The minimum Gasteiger partial charge on any atom is -0.465 e. The normalized spacial score (nSPS) is 19.9. The van der Waals surface area contributed by atoms with Crippen molar-refractivity contribution >= 4 is 28.6 Å². The molecule has 1 saturated heterocycles. The Morgan fingerprint density at radius 3 is 2.62 bits per heavy atom. The SMILES string of the molecule is COC1CCC(Oc2ccc3cc(NC(=O)/C=C/c4ccccc4)c(=O)oc3c2C)OC1(C)C. The highest BCUT2D eigenvalue weighted by Crippen LogP contribution is 2.34. The number of carbonyl (C=O) groups is 1. The molecule has 0 aliphatic carbocycles. The fourth-order valence-corrected chi connectivity index (χ4v) is 4.17. The summed E-state index contributed by atoms with van der Waals surface area (Å²) in [6.07, 6.45) is 4.12. The molecule has 34 heavy (non-hydrogen) atoms. The molecule has 4 rings (SSSR count). The Morgan fingerprint density at radius 2 is 1.91 bits per heavy atom. The summed E-state index contributed by atoms with van der Waals surface area (Å²) in [5, 5.41) is 3.27. The Labute approximate surface area is 198 Å². The van der Waals surface area contributed by atoms with E-state index in [0.717, 1.165) is 12.0 Å². The van der Waals surface area contributed by atoms with Crippen LogP contribution in [0.5, 0.6) is 5.75 Å². The Balaban J connectivity index is 1.51. The minimum atomic E-state index is -0.632. The third-order valence-corrected chi connectivity index (χ3v) is 6.00. The third-order valence-electron chi connectivity index (χ3n) is 6.00. The zero-order valence-corrected chi connectivity index (χ0v) is 19.8. The van der Waals surface area contributed by atoms with Gasteiger partial charge in [-0.3, -0.25) is 4.79 Å². The summed E-state index contributed by atoms with van der Waals surface area (Å²) < 4.78 is 23.3. The maximum Gasteiger partial charge on any atom is 0.360 e. The zero-order chi connectivity index (χ0) is 24.3. The monoisotopic (exact) mass is 463 g/mol. The van der Waals surface area contributed by atoms with Crippen molar-refractivity contribution in [3.8, 4) is 5.75 Å². The molecular weight excluding hydrogens is 434 g/mol. The van der Waals surface area contributed by atoms with E-state index < -0.39 is 23.4 Å². The quantitative estimate of drug-likeness (QED) is 0.406. The van der Waals surface area contributed by atoms with Gasteiger partial charge >= 0.3 is 5.63 Å². The van der Waals surface area contributed by atoms with Crippen molar-refractivity contribution in [1.82, 2.24) is 0 Å². The van der Waals surface area contributed by atoms with Crippen molar-refractivity contribution in [3.63, 3.8) is 0 Å². The molecule has 1 fully saturated rings. The summed E-state index contributed by atoms with van der Waals surface area (Å²) in [5.74, 6) is 0.161. The van der Waals surface area contributed by atoms with Crippen LogP contribution in [0, 0.1) is 6.92 Å². The lowest BCUT2D eigenvalue weighted by Gasteiger charge is -2.41. The number of aryl methyl sites for hydroxylation is 1. The molecule has 1 aliphatic rings. The maximum absolute atomic E-state index is 12.6. The molecule has 2 aromatic carbocycles. The van der Waals surface area contributed by atoms with Gasteiger partial charge in [0, 0.05) is 30.6 Å². The molecule has 0 radical (unpaired) electrons. The van der Waals surface area contributed by atoms with Gasteiger partial charge in [-0.05, 0) is 57.0 Å². The number of amides is 1. The van der Waals surface area contributed by atoms with Crippen LogP contribution in [0.1, 0.15) is 37.8 Å². The molecule has 0 bridgehead atoms. The topological polar surface area (TPSA) is 87.0 Å². The third kappa shape index (κ3) is 5.21. The highest BCUT2D eigenvalue weighted by molar-refractivity contribution is 6.02. The van der Waals surface area contributed by atoms with E-state index >= 15 is 0 Å². The van der Waals surface area contributed by atoms with Gasteiger partial charge in [0.25, 0.3) is 0 Å². The van der Waals surface area contributed by atoms with E-state index in [2.05, 4.69) is 5.32 Å². The van der Waals surface area contributed by atoms with Crippen LogP contribution < -0.4 is 15.7 Å². The molecule has 3 aromatic rings. The van der Waals surface area contributed by atoms with Crippen LogP contribution in [0.15, 0.2) is 63.8 Å². The smallest absolute Gasteiger partial charge is 0.360 e. The van der Waals surface area contributed by atoms with Crippen LogP contribution in [-0.2, 0) is 14.3 Å². The van der Waals surface area contributed by atoms with Gasteiger partial charge < -0.3 is 23.9 Å². The van der Waals surface area contributed by atoms with Crippen LogP contribution in [-0.4, -0.2) is 31.0 Å². The van der Waals surface area contributed by atoms with E-state index in [1.54, 1.807) is 25.3 Å². The highest BCUT2D eigenvalue weighted by atomic mass is 16.7. The highest BCUT2D eigenvalue weighted by Gasteiger charge is 2.39. The number of anilines is 1. The number of rotatable bonds is 6. The standard InChI is InChI=1S/C27H29NO6/c1-17-21(32-24-15-13-22(31-4)27(2,3)34-24)12-11-19-16-20(26(30)33-25(17)19)28-23(29)14-10-18-8-6-5-7-9-18/h5-12,14,16,22,24H,13,15H2,1-4H3,(H,28,29)/b14-10+. The van der Waals surface area contributed by atoms with E-state index in [4.69, 9.17) is 18.6 Å². The molecule has 1 N–H and O–H groups in total. The van der Waals surface area contributed by atoms with Crippen LogP contribution in [0.4, 0.5) is 5.69 Å². The first-order valence-electron chi connectivity index (χ1n) is 11.3. The first kappa shape index (κ1) is 23.7. The molecule has 2 atom stereocenters. The molecule has 1 aromatic heterocycles. The van der Waals surface area contributed by atoms with E-state index in [-0.39, 0.29) is 11.8 Å². The summed E-state index contributed by atoms with van der Waals surface area (Å²) in [6.45, 7) is 5.79. The number of nitrogens with one attached hydrogen (secondary N) is 1. The second-order valence-corrected chi connectivity index (χ2v) is 8.86. The average molecular weight is 464 g/mol. The lowest BCUT2D eigenvalue weighted by molar-refractivity contribution is -0.233. The van der Waals surface area contributed by atoms with Crippen molar-refractivity contribution in [2.45, 2.75) is 51.6 Å². The second-order valence-electron chi connectivity index (χ2n) is 8.86. The number of carbonyl (C=O) groups excluding carboxylic acids is 1. The molecule has 1 amide bonds. The number of fused-ring (bicyclic) bond motifs is 1. The zero-order valence-electron chi connectivity index (χ0n) is 19.8. The average Bonchev–Trinajstić information content (AvgIpc) is 2.81. The first-order chi connectivity index (χ1) is 16.3. The van der Waals surface area contributed by atoms with Crippen molar-refractivity contribution in [2.24, 2.45) is 0 Å². The molecule has 1 aliphatic heterocycles. The van der Waals surface area contributed by atoms with E-state index in [9.17, 15) is 9.59 Å². The Bertz CT molecular complexity index is 1260. The number of hydrogen-bond donors (Lipinski definition) is 1. The van der Waals surface area contributed by atoms with Gasteiger partial charge in [-0.2, -0.15) is 0 Å². The van der Waals surface area contributed by atoms with Crippen LogP contribution in [0.25, 0.3) is 17.0 Å². The predicted molar refractivity (Wildman–Crippen MR) is 131 cm³/mol. The minimum absolute atomic E-state index is 0.000703. The van der Waals surface area contributed by atoms with Gasteiger partial charge in [-0.1, -0.05) is 30.3 Å². The second kappa shape index (κ2) is 9.83. The Kier molecular flexibility index (Phi) is 6.86. The van der Waals surface area contributed by atoms with E-state index in [0.29, 0.717) is 28.7 Å². The molecule has 0 spiro atoms. The summed E-state index contributed by atoms with van der Waals surface area (Å²) >= 11 is 0. The number of benzene rings is 2. The van der Waals surface area contributed by atoms with Gasteiger partial charge in [0.15, 0.2) is 0 Å². The number of ether oxygens (including phenoxy) is 3. The summed E-state index contributed by atoms with van der Waals surface area (Å²) in [4.78, 5) is 24.9. The number of hydrogen-bond acceptors (Lipinski definition) is 6. The molecule has 0 saturated carbocycles.